The summed E-state index contributed by atoms with van der Waals surface area (Å²) in [5.74, 6) is -0.167. The Labute approximate surface area is 187 Å². The maximum atomic E-state index is 13.3. The summed E-state index contributed by atoms with van der Waals surface area (Å²) in [5.41, 5.74) is 4.56. The van der Waals surface area contributed by atoms with E-state index < -0.39 is 17.6 Å². The Morgan fingerprint density at radius 2 is 1.94 bits per heavy atom. The van der Waals surface area contributed by atoms with Crippen LogP contribution in [-0.2, 0) is 16.1 Å². The zero-order chi connectivity index (χ0) is 22.0. The van der Waals surface area contributed by atoms with Crippen LogP contribution in [0.25, 0.3) is 10.4 Å². The van der Waals surface area contributed by atoms with Crippen LogP contribution in [0.2, 0.25) is 0 Å². The van der Waals surface area contributed by atoms with Crippen LogP contribution in [-0.4, -0.2) is 45.5 Å². The number of carbonyl (C=O) groups excluding carboxylic acids is 2. The summed E-state index contributed by atoms with van der Waals surface area (Å²) in [7, 11) is 0. The lowest BCUT2D eigenvalue weighted by Gasteiger charge is -2.37. The molecular formula is C24H31N3O3S. The monoisotopic (exact) mass is 441 g/mol. The van der Waals surface area contributed by atoms with Gasteiger partial charge in [-0.25, -0.2) is 4.98 Å². The number of rotatable bonds is 5. The first-order valence-corrected chi connectivity index (χ1v) is 12.0. The minimum atomic E-state index is -0.645. The Morgan fingerprint density at radius 1 is 1.23 bits per heavy atom. The number of benzene rings is 1. The maximum Gasteiger partial charge on any atom is 0.243 e. The molecule has 1 aromatic heterocycles. The first kappa shape index (κ1) is 22.0. The van der Waals surface area contributed by atoms with Crippen molar-refractivity contribution >= 4 is 23.2 Å². The van der Waals surface area contributed by atoms with E-state index in [0.29, 0.717) is 13.0 Å². The topological polar surface area (TPSA) is 82.5 Å². The molecular weight excluding hydrogens is 410 g/mol. The zero-order valence-corrected chi connectivity index (χ0v) is 19.1. The molecule has 2 aliphatic rings. The van der Waals surface area contributed by atoms with Gasteiger partial charge in [0.15, 0.2) is 0 Å². The molecule has 0 spiro atoms. The third-order valence-electron chi connectivity index (χ3n) is 6.74. The predicted octanol–water partition coefficient (Wildman–Crippen LogP) is 3.67. The molecule has 0 radical (unpaired) electrons. The number of carbonyl (C=O) groups is 2. The molecule has 0 bridgehead atoms. The van der Waals surface area contributed by atoms with Crippen LogP contribution in [0.4, 0.5) is 0 Å². The van der Waals surface area contributed by atoms with Gasteiger partial charge in [0.1, 0.15) is 6.04 Å². The lowest BCUT2D eigenvalue weighted by molar-refractivity contribution is -0.148. The maximum absolute atomic E-state index is 13.3. The summed E-state index contributed by atoms with van der Waals surface area (Å²) in [6.45, 7) is 4.65. The van der Waals surface area contributed by atoms with Crippen LogP contribution < -0.4 is 5.32 Å². The fourth-order valence-corrected chi connectivity index (χ4v) is 5.65. The number of likely N-dealkylation sites (tertiary alicyclic amines) is 1. The zero-order valence-electron chi connectivity index (χ0n) is 18.3. The summed E-state index contributed by atoms with van der Waals surface area (Å²) in [5, 5.41) is 13.2. The number of amides is 2. The van der Waals surface area contributed by atoms with Crippen LogP contribution in [0.1, 0.15) is 56.7 Å². The molecule has 1 saturated carbocycles. The SMILES string of the molecule is Cc1ncsc1-c1ccc(CNC(=O)C2CC(O)CN2C(=O)C2(C)CCCCC2)cc1. The van der Waals surface area contributed by atoms with Crippen molar-refractivity contribution in [2.75, 3.05) is 6.54 Å². The van der Waals surface area contributed by atoms with E-state index in [1.165, 1.54) is 0 Å². The normalized spacial score (nSPS) is 23.0. The van der Waals surface area contributed by atoms with Crippen molar-refractivity contribution in [2.45, 2.75) is 71.1 Å². The van der Waals surface area contributed by atoms with Crippen molar-refractivity contribution in [3.8, 4) is 10.4 Å². The number of thiazole rings is 1. The Hall–Kier alpha value is -2.25. The van der Waals surface area contributed by atoms with Crippen molar-refractivity contribution in [1.29, 1.82) is 0 Å². The van der Waals surface area contributed by atoms with Gasteiger partial charge in [-0.2, -0.15) is 0 Å². The van der Waals surface area contributed by atoms with E-state index in [0.717, 1.165) is 53.8 Å². The number of aliphatic hydroxyl groups excluding tert-OH is 1. The standard InChI is InChI=1S/C24H31N3O3S/c1-16-21(31-15-26-16)18-8-6-17(7-9-18)13-25-22(29)20-12-19(28)14-27(20)23(30)24(2)10-4-3-5-11-24/h6-9,15,19-20,28H,3-5,10-14H2,1-2H3,(H,25,29). The second-order valence-electron chi connectivity index (χ2n) is 9.17. The van der Waals surface area contributed by atoms with Crippen LogP contribution in [0, 0.1) is 12.3 Å². The summed E-state index contributed by atoms with van der Waals surface area (Å²) >= 11 is 1.62. The van der Waals surface area contributed by atoms with Crippen molar-refractivity contribution in [2.24, 2.45) is 5.41 Å². The van der Waals surface area contributed by atoms with E-state index in [1.54, 1.807) is 16.2 Å². The van der Waals surface area contributed by atoms with Crippen molar-refractivity contribution in [3.05, 3.63) is 41.0 Å². The molecule has 4 rings (SSSR count). The summed E-state index contributed by atoms with van der Waals surface area (Å²) < 4.78 is 0. The van der Waals surface area contributed by atoms with Gasteiger partial charge in [0.2, 0.25) is 11.8 Å². The number of aromatic nitrogens is 1. The molecule has 2 fully saturated rings. The molecule has 6 nitrogen and oxygen atoms in total. The highest BCUT2D eigenvalue weighted by molar-refractivity contribution is 7.13. The predicted molar refractivity (Wildman–Crippen MR) is 121 cm³/mol. The largest absolute Gasteiger partial charge is 0.391 e. The molecule has 2 aromatic rings. The Balaban J connectivity index is 1.39. The molecule has 1 saturated heterocycles. The number of hydrogen-bond donors (Lipinski definition) is 2. The van der Waals surface area contributed by atoms with Crippen molar-refractivity contribution in [1.82, 2.24) is 15.2 Å². The molecule has 7 heteroatoms. The van der Waals surface area contributed by atoms with Crippen LogP contribution >= 0.6 is 11.3 Å². The van der Waals surface area contributed by atoms with Gasteiger partial charge < -0.3 is 15.3 Å². The Kier molecular flexibility index (Phi) is 6.44. The van der Waals surface area contributed by atoms with E-state index in [1.807, 2.05) is 43.6 Å². The molecule has 1 aliphatic heterocycles. The molecule has 2 unspecified atom stereocenters. The first-order chi connectivity index (χ1) is 14.9. The second-order valence-corrected chi connectivity index (χ2v) is 10.0. The fraction of sp³-hybridized carbons (Fsp3) is 0.542. The lowest BCUT2D eigenvalue weighted by Crippen LogP contribution is -2.51. The molecule has 166 valence electrons. The number of β-amino-alcohol motifs (C(OH)–C–C–N with tert-alkyl or cyclic N) is 1. The summed E-state index contributed by atoms with van der Waals surface area (Å²) in [4.78, 5) is 33.3. The quantitative estimate of drug-likeness (QED) is 0.742. The first-order valence-electron chi connectivity index (χ1n) is 11.1. The second kappa shape index (κ2) is 9.09. The number of hydrogen-bond acceptors (Lipinski definition) is 5. The van der Waals surface area contributed by atoms with Crippen LogP contribution in [0.5, 0.6) is 0 Å². The van der Waals surface area contributed by atoms with E-state index in [2.05, 4.69) is 10.3 Å². The molecule has 2 heterocycles. The van der Waals surface area contributed by atoms with Gasteiger partial charge in [-0.3, -0.25) is 9.59 Å². The smallest absolute Gasteiger partial charge is 0.243 e. The van der Waals surface area contributed by atoms with E-state index in [9.17, 15) is 14.7 Å². The van der Waals surface area contributed by atoms with Gasteiger partial charge in [-0.15, -0.1) is 11.3 Å². The van der Waals surface area contributed by atoms with Gasteiger partial charge >= 0.3 is 0 Å². The third-order valence-corrected chi connectivity index (χ3v) is 7.72. The highest BCUT2D eigenvalue weighted by Gasteiger charge is 2.45. The van der Waals surface area contributed by atoms with E-state index in [-0.39, 0.29) is 18.4 Å². The minimum Gasteiger partial charge on any atom is -0.391 e. The Morgan fingerprint density at radius 3 is 2.58 bits per heavy atom. The highest BCUT2D eigenvalue weighted by atomic mass is 32.1. The van der Waals surface area contributed by atoms with Crippen LogP contribution in [0.15, 0.2) is 29.8 Å². The number of aryl methyl sites for hydroxylation is 1. The van der Waals surface area contributed by atoms with Crippen LogP contribution in [0.3, 0.4) is 0 Å². The van der Waals surface area contributed by atoms with Crippen molar-refractivity contribution < 1.29 is 14.7 Å². The number of nitrogens with zero attached hydrogens (tertiary/aromatic N) is 2. The Bertz CT molecular complexity index is 934. The van der Waals surface area contributed by atoms with E-state index in [4.69, 9.17) is 0 Å². The molecule has 2 atom stereocenters. The lowest BCUT2D eigenvalue weighted by atomic mass is 9.74. The average molecular weight is 442 g/mol. The molecule has 2 N–H and O–H groups in total. The third kappa shape index (κ3) is 4.67. The highest BCUT2D eigenvalue weighted by Crippen LogP contribution is 2.39. The van der Waals surface area contributed by atoms with Gasteiger partial charge in [0.25, 0.3) is 0 Å². The fourth-order valence-electron chi connectivity index (χ4n) is 4.84. The van der Waals surface area contributed by atoms with Gasteiger partial charge in [-0.1, -0.05) is 50.5 Å². The summed E-state index contributed by atoms with van der Waals surface area (Å²) in [6.07, 6.45) is 4.64. The number of aliphatic hydroxyl groups is 1. The van der Waals surface area contributed by atoms with Gasteiger partial charge in [-0.05, 0) is 30.9 Å². The molecule has 1 aromatic carbocycles. The van der Waals surface area contributed by atoms with Crippen molar-refractivity contribution in [3.63, 3.8) is 0 Å². The van der Waals surface area contributed by atoms with E-state index >= 15 is 0 Å². The van der Waals surface area contributed by atoms with Gasteiger partial charge in [0, 0.05) is 24.9 Å². The summed E-state index contributed by atoms with van der Waals surface area (Å²) in [6, 6.07) is 7.50. The average Bonchev–Trinajstić information content (AvgIpc) is 3.38. The molecule has 2 amide bonds. The number of nitrogens with one attached hydrogen (secondary N) is 1. The van der Waals surface area contributed by atoms with Gasteiger partial charge in [0.05, 0.1) is 22.2 Å². The minimum absolute atomic E-state index is 0.0215. The molecule has 1 aliphatic carbocycles. The molecule has 31 heavy (non-hydrogen) atoms.